The Hall–Kier alpha value is -1.91. The van der Waals surface area contributed by atoms with E-state index in [0.717, 1.165) is 6.54 Å². The highest BCUT2D eigenvalue weighted by Gasteiger charge is 2.14. The van der Waals surface area contributed by atoms with Crippen molar-refractivity contribution in [1.29, 1.82) is 0 Å². The van der Waals surface area contributed by atoms with Crippen LogP contribution in [-0.2, 0) is 6.54 Å². The lowest BCUT2D eigenvalue weighted by molar-refractivity contribution is -0.385. The Bertz CT molecular complexity index is 617. The van der Waals surface area contributed by atoms with Gasteiger partial charge in [-0.1, -0.05) is 48.9 Å². The fourth-order valence-electron chi connectivity index (χ4n) is 2.18. The highest BCUT2D eigenvalue weighted by molar-refractivity contribution is 6.30. The molecule has 0 aromatic heterocycles. The summed E-state index contributed by atoms with van der Waals surface area (Å²) in [6.07, 6.45) is 0. The van der Waals surface area contributed by atoms with E-state index in [1.54, 1.807) is 12.1 Å². The van der Waals surface area contributed by atoms with E-state index in [-0.39, 0.29) is 5.69 Å². The van der Waals surface area contributed by atoms with Gasteiger partial charge in [-0.15, -0.1) is 0 Å². The van der Waals surface area contributed by atoms with Crippen LogP contribution in [0.25, 0.3) is 0 Å². The quantitative estimate of drug-likeness (QED) is 0.644. The lowest BCUT2D eigenvalue weighted by Gasteiger charge is -2.13. The molecule has 0 saturated heterocycles. The largest absolute Gasteiger partial charge is 0.312 e. The van der Waals surface area contributed by atoms with Gasteiger partial charge < -0.3 is 5.32 Å². The fourth-order valence-corrected chi connectivity index (χ4v) is 2.35. The summed E-state index contributed by atoms with van der Waals surface area (Å²) < 4.78 is 0. The van der Waals surface area contributed by atoms with Crippen LogP contribution >= 0.6 is 11.6 Å². The molecule has 0 aliphatic heterocycles. The van der Waals surface area contributed by atoms with Crippen LogP contribution in [0, 0.1) is 10.1 Å². The van der Waals surface area contributed by atoms with Gasteiger partial charge in [0.25, 0.3) is 5.69 Å². The molecule has 0 amide bonds. The molecule has 2 rings (SSSR count). The minimum atomic E-state index is -0.399. The lowest BCUT2D eigenvalue weighted by Crippen LogP contribution is -2.20. The van der Waals surface area contributed by atoms with Gasteiger partial charge in [-0.3, -0.25) is 10.1 Å². The van der Waals surface area contributed by atoms with Crippen molar-refractivity contribution in [2.24, 2.45) is 0 Å². The Balaban J connectivity index is 1.96. The number of nitro benzene ring substituents is 1. The van der Waals surface area contributed by atoms with Crippen LogP contribution in [0.4, 0.5) is 5.69 Å². The van der Waals surface area contributed by atoms with E-state index >= 15 is 0 Å². The lowest BCUT2D eigenvalue weighted by atomic mass is 10.0. The van der Waals surface area contributed by atoms with Gasteiger partial charge in [0, 0.05) is 29.7 Å². The molecule has 1 unspecified atom stereocenters. The SMILES string of the molecule is CC(CNCc1ccc(Cl)cc1[N+](=O)[O-])c1ccccc1. The van der Waals surface area contributed by atoms with Gasteiger partial charge >= 0.3 is 0 Å². The van der Waals surface area contributed by atoms with Gasteiger partial charge in [0.2, 0.25) is 0 Å². The summed E-state index contributed by atoms with van der Waals surface area (Å²) in [4.78, 5) is 10.6. The average Bonchev–Trinajstić information content (AvgIpc) is 2.49. The number of halogens is 1. The van der Waals surface area contributed by atoms with Gasteiger partial charge in [0.15, 0.2) is 0 Å². The third kappa shape index (κ3) is 4.28. The first-order valence-electron chi connectivity index (χ1n) is 6.76. The zero-order chi connectivity index (χ0) is 15.2. The summed E-state index contributed by atoms with van der Waals surface area (Å²) >= 11 is 5.80. The van der Waals surface area contributed by atoms with Crippen molar-refractivity contribution >= 4 is 17.3 Å². The summed E-state index contributed by atoms with van der Waals surface area (Å²) in [5.41, 5.74) is 1.95. The third-order valence-corrected chi connectivity index (χ3v) is 3.61. The van der Waals surface area contributed by atoms with Crippen molar-refractivity contribution in [3.05, 3.63) is 74.8 Å². The van der Waals surface area contributed by atoms with E-state index in [1.165, 1.54) is 11.6 Å². The zero-order valence-electron chi connectivity index (χ0n) is 11.8. The van der Waals surface area contributed by atoms with Crippen molar-refractivity contribution in [2.75, 3.05) is 6.54 Å². The normalized spacial score (nSPS) is 12.1. The summed E-state index contributed by atoms with van der Waals surface area (Å²) in [5, 5.41) is 14.7. The van der Waals surface area contributed by atoms with Crippen LogP contribution < -0.4 is 5.32 Å². The molecule has 21 heavy (non-hydrogen) atoms. The van der Waals surface area contributed by atoms with Crippen molar-refractivity contribution < 1.29 is 4.92 Å². The van der Waals surface area contributed by atoms with Gasteiger partial charge in [-0.05, 0) is 23.6 Å². The molecule has 0 saturated carbocycles. The maximum Gasteiger partial charge on any atom is 0.275 e. The van der Waals surface area contributed by atoms with Gasteiger partial charge in [-0.2, -0.15) is 0 Å². The predicted octanol–water partition coefficient (Wildman–Crippen LogP) is 4.14. The summed E-state index contributed by atoms with van der Waals surface area (Å²) in [6, 6.07) is 14.9. The van der Waals surface area contributed by atoms with Crippen LogP contribution in [0.3, 0.4) is 0 Å². The Kier molecular flexibility index (Phi) is 5.31. The average molecular weight is 305 g/mol. The molecule has 0 heterocycles. The molecule has 5 heteroatoms. The van der Waals surface area contributed by atoms with E-state index < -0.39 is 4.92 Å². The zero-order valence-corrected chi connectivity index (χ0v) is 12.5. The van der Waals surface area contributed by atoms with Crippen LogP contribution in [0.5, 0.6) is 0 Å². The number of hydrogen-bond donors (Lipinski definition) is 1. The molecule has 0 aliphatic rings. The van der Waals surface area contributed by atoms with Crippen LogP contribution in [-0.4, -0.2) is 11.5 Å². The highest BCUT2D eigenvalue weighted by atomic mass is 35.5. The molecule has 0 radical (unpaired) electrons. The van der Waals surface area contributed by atoms with E-state index in [1.807, 2.05) is 18.2 Å². The first-order chi connectivity index (χ1) is 10.1. The Morgan fingerprint density at radius 2 is 1.95 bits per heavy atom. The molecule has 1 atom stereocenters. The van der Waals surface area contributed by atoms with Gasteiger partial charge in [0.1, 0.15) is 0 Å². The summed E-state index contributed by atoms with van der Waals surface area (Å²) in [5.74, 6) is 0.345. The second kappa shape index (κ2) is 7.20. The molecule has 0 aliphatic carbocycles. The molecule has 4 nitrogen and oxygen atoms in total. The standard InChI is InChI=1S/C16H17ClN2O2/c1-12(13-5-3-2-4-6-13)10-18-11-14-7-8-15(17)9-16(14)19(20)21/h2-9,12,18H,10-11H2,1H3. The van der Waals surface area contributed by atoms with Crippen molar-refractivity contribution in [3.8, 4) is 0 Å². The van der Waals surface area contributed by atoms with Gasteiger partial charge in [-0.25, -0.2) is 0 Å². The summed E-state index contributed by atoms with van der Waals surface area (Å²) in [7, 11) is 0. The molecule has 0 spiro atoms. The minimum absolute atomic E-state index is 0.0577. The molecular weight excluding hydrogens is 288 g/mol. The number of nitro groups is 1. The van der Waals surface area contributed by atoms with E-state index in [9.17, 15) is 10.1 Å². The van der Waals surface area contributed by atoms with Crippen molar-refractivity contribution in [2.45, 2.75) is 19.4 Å². The smallest absolute Gasteiger partial charge is 0.275 e. The van der Waals surface area contributed by atoms with E-state index in [2.05, 4.69) is 24.4 Å². The van der Waals surface area contributed by atoms with Gasteiger partial charge in [0.05, 0.1) is 4.92 Å². The Labute approximate surface area is 128 Å². The minimum Gasteiger partial charge on any atom is -0.312 e. The number of nitrogens with zero attached hydrogens (tertiary/aromatic N) is 1. The Morgan fingerprint density at radius 1 is 1.24 bits per heavy atom. The van der Waals surface area contributed by atoms with Crippen LogP contribution in [0.2, 0.25) is 5.02 Å². The van der Waals surface area contributed by atoms with E-state index in [0.29, 0.717) is 23.0 Å². The fraction of sp³-hybridized carbons (Fsp3) is 0.250. The Morgan fingerprint density at radius 3 is 2.62 bits per heavy atom. The molecule has 2 aromatic rings. The molecule has 0 bridgehead atoms. The maximum atomic E-state index is 11.0. The molecule has 2 aromatic carbocycles. The van der Waals surface area contributed by atoms with E-state index in [4.69, 9.17) is 11.6 Å². The monoisotopic (exact) mass is 304 g/mol. The first-order valence-corrected chi connectivity index (χ1v) is 7.14. The van der Waals surface area contributed by atoms with Crippen LogP contribution in [0.15, 0.2) is 48.5 Å². The molecular formula is C16H17ClN2O2. The predicted molar refractivity (Wildman–Crippen MR) is 84.7 cm³/mol. The van der Waals surface area contributed by atoms with Crippen molar-refractivity contribution in [3.63, 3.8) is 0 Å². The number of benzene rings is 2. The molecule has 110 valence electrons. The number of nitrogens with one attached hydrogen (secondary N) is 1. The molecule has 1 N–H and O–H groups in total. The second-order valence-electron chi connectivity index (χ2n) is 4.97. The topological polar surface area (TPSA) is 55.2 Å². The maximum absolute atomic E-state index is 11.0. The number of rotatable bonds is 6. The second-order valence-corrected chi connectivity index (χ2v) is 5.41. The van der Waals surface area contributed by atoms with Crippen LogP contribution in [0.1, 0.15) is 24.0 Å². The highest BCUT2D eigenvalue weighted by Crippen LogP contribution is 2.23. The molecule has 0 fully saturated rings. The third-order valence-electron chi connectivity index (χ3n) is 3.38. The number of hydrogen-bond acceptors (Lipinski definition) is 3. The first kappa shape index (κ1) is 15.5. The summed E-state index contributed by atoms with van der Waals surface area (Å²) in [6.45, 7) is 3.33. The van der Waals surface area contributed by atoms with Crippen molar-refractivity contribution in [1.82, 2.24) is 5.32 Å².